The van der Waals surface area contributed by atoms with Crippen molar-refractivity contribution in [3.05, 3.63) is 65.6 Å². The molecule has 3 amide bonds. The monoisotopic (exact) mass is 512 g/mol. The number of halogens is 2. The quantitative estimate of drug-likeness (QED) is 0.488. The predicted molar refractivity (Wildman–Crippen MR) is 131 cm³/mol. The van der Waals surface area contributed by atoms with Gasteiger partial charge in [0.25, 0.3) is 0 Å². The second kappa shape index (κ2) is 10.3. The number of nitrogens with zero attached hydrogens (tertiary/aromatic N) is 4. The lowest BCUT2D eigenvalue weighted by Gasteiger charge is -2.33. The Labute approximate surface area is 213 Å². The normalized spacial score (nSPS) is 20.6. The van der Waals surface area contributed by atoms with Crippen LogP contribution in [0, 0.1) is 5.92 Å². The molecule has 1 aliphatic carbocycles. The minimum absolute atomic E-state index is 0.0820. The third kappa shape index (κ3) is 5.98. The number of alkyl carbamates (subject to hydrolysis) is 1. The summed E-state index contributed by atoms with van der Waals surface area (Å²) in [6.45, 7) is 3.04. The first-order valence-electron chi connectivity index (χ1n) is 12.5. The van der Waals surface area contributed by atoms with Crippen LogP contribution >= 0.6 is 0 Å². The summed E-state index contributed by atoms with van der Waals surface area (Å²) in [5.41, 5.74) is 2.74. The molecule has 2 aliphatic rings. The third-order valence-corrected chi connectivity index (χ3v) is 6.96. The Kier molecular flexibility index (Phi) is 6.94. The van der Waals surface area contributed by atoms with Crippen LogP contribution in [0.1, 0.15) is 55.5 Å². The van der Waals surface area contributed by atoms with Crippen LogP contribution in [0.3, 0.4) is 0 Å². The number of carbonyl (C=O) groups excluding carboxylic acids is 2. The fraction of sp³-hybridized carbons (Fsp3) is 0.462. The number of imidazole rings is 1. The molecule has 0 bridgehead atoms. The molecule has 0 spiro atoms. The molecule has 1 aliphatic heterocycles. The number of nitrogens with one attached hydrogen (secondary N) is 2. The van der Waals surface area contributed by atoms with Crippen molar-refractivity contribution in [3.8, 4) is 0 Å². The van der Waals surface area contributed by atoms with Gasteiger partial charge in [0.1, 0.15) is 6.61 Å². The molecule has 196 valence electrons. The van der Waals surface area contributed by atoms with E-state index in [1.807, 2.05) is 43.3 Å². The molecule has 0 unspecified atom stereocenters. The second-order valence-corrected chi connectivity index (χ2v) is 9.94. The topological polar surface area (TPSA) is 101 Å². The van der Waals surface area contributed by atoms with Crippen LogP contribution in [0.5, 0.6) is 0 Å². The molecule has 9 nitrogen and oxygen atoms in total. The van der Waals surface area contributed by atoms with Gasteiger partial charge in [-0.05, 0) is 42.9 Å². The smallest absolute Gasteiger partial charge is 0.408 e. The summed E-state index contributed by atoms with van der Waals surface area (Å²) in [7, 11) is 0. The first-order chi connectivity index (χ1) is 17.8. The van der Waals surface area contributed by atoms with Gasteiger partial charge in [0.15, 0.2) is 5.65 Å². The van der Waals surface area contributed by atoms with Gasteiger partial charge in [-0.25, -0.2) is 27.9 Å². The van der Waals surface area contributed by atoms with E-state index in [1.165, 1.54) is 0 Å². The number of carbonyl (C=O) groups is 2. The third-order valence-electron chi connectivity index (χ3n) is 6.96. The van der Waals surface area contributed by atoms with Crippen LogP contribution < -0.4 is 10.6 Å². The number of hydrogen-bond donors (Lipinski definition) is 2. The highest BCUT2D eigenvalue weighted by Gasteiger charge is 2.39. The van der Waals surface area contributed by atoms with Crippen molar-refractivity contribution in [2.24, 2.45) is 5.92 Å². The van der Waals surface area contributed by atoms with Gasteiger partial charge in [0, 0.05) is 32.0 Å². The first-order valence-corrected chi connectivity index (χ1v) is 12.5. The summed E-state index contributed by atoms with van der Waals surface area (Å²) in [5, 5.41) is 10.2. The molecule has 2 atom stereocenters. The molecule has 37 heavy (non-hydrogen) atoms. The first kappa shape index (κ1) is 24.9. The number of hydrogen-bond acceptors (Lipinski definition) is 5. The van der Waals surface area contributed by atoms with E-state index in [-0.39, 0.29) is 50.3 Å². The van der Waals surface area contributed by atoms with Crippen LogP contribution in [0.15, 0.2) is 48.8 Å². The van der Waals surface area contributed by atoms with Crippen LogP contribution in [0.2, 0.25) is 0 Å². The highest BCUT2D eigenvalue weighted by atomic mass is 19.3. The van der Waals surface area contributed by atoms with Crippen molar-refractivity contribution in [3.63, 3.8) is 0 Å². The van der Waals surface area contributed by atoms with Crippen LogP contribution in [0.25, 0.3) is 5.65 Å². The van der Waals surface area contributed by atoms with Crippen molar-refractivity contribution in [1.82, 2.24) is 30.1 Å². The zero-order valence-corrected chi connectivity index (χ0v) is 20.6. The molecule has 3 aromatic rings. The van der Waals surface area contributed by atoms with Crippen molar-refractivity contribution in [2.75, 3.05) is 6.54 Å². The number of alkyl halides is 2. The van der Waals surface area contributed by atoms with Crippen molar-refractivity contribution in [1.29, 1.82) is 0 Å². The molecule has 5 rings (SSSR count). The van der Waals surface area contributed by atoms with Crippen molar-refractivity contribution in [2.45, 2.75) is 63.8 Å². The average molecular weight is 513 g/mol. The van der Waals surface area contributed by atoms with Crippen LogP contribution in [-0.4, -0.2) is 50.1 Å². The number of aromatic nitrogens is 3. The molecule has 1 saturated heterocycles. The lowest BCUT2D eigenvalue weighted by Crippen LogP contribution is -2.37. The molecule has 2 fully saturated rings. The van der Waals surface area contributed by atoms with Gasteiger partial charge in [-0.3, -0.25) is 0 Å². The summed E-state index contributed by atoms with van der Waals surface area (Å²) in [4.78, 5) is 31.2. The number of rotatable bonds is 7. The number of amides is 3. The Morgan fingerprint density at radius 2 is 2.00 bits per heavy atom. The van der Waals surface area contributed by atoms with Gasteiger partial charge in [0.2, 0.25) is 5.92 Å². The Hall–Kier alpha value is -3.76. The van der Waals surface area contributed by atoms with Crippen molar-refractivity contribution >= 4 is 17.8 Å². The standard InChI is InChI=1S/C26H30F2N6O3/c1-17-13-33(24(35)30-17)14-19-11-22-31-21(15-34(22)29-12-19)23(20-7-9-26(27,28)10-8-20)32-25(36)37-16-18-5-3-2-4-6-18/h2-6,11-12,15,17,20,23H,7-10,13-14,16H2,1H3,(H,30,35)(H,32,36)/t17-,23+/m1/s1. The van der Waals surface area contributed by atoms with E-state index in [4.69, 9.17) is 4.74 Å². The fourth-order valence-electron chi connectivity index (χ4n) is 5.01. The Balaban J connectivity index is 1.34. The molecule has 3 heterocycles. The van der Waals surface area contributed by atoms with E-state index in [2.05, 4.69) is 20.7 Å². The van der Waals surface area contributed by atoms with E-state index in [0.717, 1.165) is 11.1 Å². The van der Waals surface area contributed by atoms with E-state index >= 15 is 0 Å². The summed E-state index contributed by atoms with van der Waals surface area (Å²) in [5.74, 6) is -2.91. The zero-order chi connectivity index (χ0) is 26.0. The number of ether oxygens (including phenoxy) is 1. The Morgan fingerprint density at radius 1 is 1.24 bits per heavy atom. The minimum Gasteiger partial charge on any atom is -0.445 e. The maximum atomic E-state index is 13.9. The summed E-state index contributed by atoms with van der Waals surface area (Å²) in [6, 6.07) is 10.5. The fourth-order valence-corrected chi connectivity index (χ4v) is 5.01. The molecular formula is C26H30F2N6O3. The lowest BCUT2D eigenvalue weighted by molar-refractivity contribution is -0.0497. The summed E-state index contributed by atoms with van der Waals surface area (Å²) < 4.78 is 34.7. The molecular weight excluding hydrogens is 482 g/mol. The molecule has 2 aromatic heterocycles. The molecule has 2 N–H and O–H groups in total. The highest BCUT2D eigenvalue weighted by Crippen LogP contribution is 2.41. The van der Waals surface area contributed by atoms with Gasteiger partial charge >= 0.3 is 12.1 Å². The van der Waals surface area contributed by atoms with Crippen LogP contribution in [0.4, 0.5) is 18.4 Å². The number of fused-ring (bicyclic) bond motifs is 1. The SMILES string of the molecule is C[C@@H]1CN(Cc2cnn3cc([C@@H](NC(=O)OCc4ccccc4)C4CCC(F)(F)CC4)nc3c2)C(=O)N1. The Morgan fingerprint density at radius 3 is 2.70 bits per heavy atom. The average Bonchev–Trinajstić information content (AvgIpc) is 3.43. The highest BCUT2D eigenvalue weighted by molar-refractivity contribution is 5.76. The number of urea groups is 1. The predicted octanol–water partition coefficient (Wildman–Crippen LogP) is 4.44. The zero-order valence-electron chi connectivity index (χ0n) is 20.6. The molecule has 1 aromatic carbocycles. The van der Waals surface area contributed by atoms with Gasteiger partial charge in [0.05, 0.1) is 24.1 Å². The van der Waals surface area contributed by atoms with Crippen LogP contribution in [-0.2, 0) is 17.9 Å². The maximum absolute atomic E-state index is 13.9. The minimum atomic E-state index is -2.69. The van der Waals surface area contributed by atoms with E-state index in [9.17, 15) is 18.4 Å². The van der Waals surface area contributed by atoms with E-state index in [0.29, 0.717) is 24.4 Å². The van der Waals surface area contributed by atoms with Gasteiger partial charge in [-0.2, -0.15) is 5.10 Å². The number of benzene rings is 1. The second-order valence-electron chi connectivity index (χ2n) is 9.94. The lowest BCUT2D eigenvalue weighted by atomic mass is 9.81. The molecule has 11 heteroatoms. The Bertz CT molecular complexity index is 1260. The van der Waals surface area contributed by atoms with E-state index < -0.39 is 18.1 Å². The van der Waals surface area contributed by atoms with Crippen molar-refractivity contribution < 1.29 is 23.1 Å². The van der Waals surface area contributed by atoms with Gasteiger partial charge < -0.3 is 20.3 Å². The van der Waals surface area contributed by atoms with Gasteiger partial charge in [-0.1, -0.05) is 30.3 Å². The molecule has 1 saturated carbocycles. The summed E-state index contributed by atoms with van der Waals surface area (Å²) in [6.07, 6.45) is 2.79. The largest absolute Gasteiger partial charge is 0.445 e. The van der Waals surface area contributed by atoms with Gasteiger partial charge in [-0.15, -0.1) is 0 Å². The summed E-state index contributed by atoms with van der Waals surface area (Å²) >= 11 is 0. The maximum Gasteiger partial charge on any atom is 0.408 e. The molecule has 0 radical (unpaired) electrons. The van der Waals surface area contributed by atoms with E-state index in [1.54, 1.807) is 21.8 Å².